The molecule has 0 bridgehead atoms. The molecule has 0 saturated carbocycles. The molecule has 1 aliphatic heterocycles. The molecule has 1 aliphatic rings. The number of rotatable bonds is 0. The van der Waals surface area contributed by atoms with E-state index in [2.05, 4.69) is 26.5 Å². The third kappa shape index (κ3) is 1.16. The Morgan fingerprint density at radius 2 is 2.25 bits per heavy atom. The van der Waals surface area contributed by atoms with Gasteiger partial charge < -0.3 is 0 Å². The minimum atomic E-state index is 0.434. The lowest BCUT2D eigenvalue weighted by molar-refractivity contribution is 0.687. The molecule has 1 heterocycles. The zero-order chi connectivity index (χ0) is 6.20. The maximum Gasteiger partial charge on any atom is 0.0220 e. The summed E-state index contributed by atoms with van der Waals surface area (Å²) in [5.41, 5.74) is 0. The van der Waals surface area contributed by atoms with E-state index in [-0.39, 0.29) is 0 Å². The molecule has 8 heavy (non-hydrogen) atoms. The van der Waals surface area contributed by atoms with E-state index in [1.807, 2.05) is 11.8 Å². The summed E-state index contributed by atoms with van der Waals surface area (Å²) in [7, 11) is 0. The summed E-state index contributed by atoms with van der Waals surface area (Å²) < 4.78 is 0.434. The van der Waals surface area contributed by atoms with E-state index in [9.17, 15) is 0 Å². The average Bonchev–Trinajstić information content (AvgIpc) is 1.86. The smallest absolute Gasteiger partial charge is 0.0220 e. The van der Waals surface area contributed by atoms with Crippen LogP contribution in [0, 0.1) is 0 Å². The largest absolute Gasteiger partial charge is 0.174 e. The lowest BCUT2D eigenvalue weighted by Gasteiger charge is -2.20. The molecule has 0 amide bonds. The van der Waals surface area contributed by atoms with Crippen molar-refractivity contribution in [2.45, 2.75) is 30.3 Å². The highest BCUT2D eigenvalue weighted by atomic mass is 32.2. The molecule has 0 aliphatic carbocycles. The monoisotopic (exact) mass is 148 g/mol. The van der Waals surface area contributed by atoms with E-state index in [1.165, 1.54) is 12.2 Å². The third-order valence-corrected chi connectivity index (χ3v) is 4.21. The van der Waals surface area contributed by atoms with Crippen LogP contribution < -0.4 is 0 Å². The highest BCUT2D eigenvalue weighted by Crippen LogP contribution is 2.40. The number of hydrogen-bond donors (Lipinski definition) is 1. The second-order valence-electron chi connectivity index (χ2n) is 2.76. The Morgan fingerprint density at radius 1 is 1.62 bits per heavy atom. The van der Waals surface area contributed by atoms with Crippen LogP contribution in [0.3, 0.4) is 0 Å². The third-order valence-electron chi connectivity index (χ3n) is 1.67. The summed E-state index contributed by atoms with van der Waals surface area (Å²) in [6.07, 6.45) is 1.28. The molecule has 0 aromatic rings. The summed E-state index contributed by atoms with van der Waals surface area (Å²) in [6, 6.07) is 0. The fourth-order valence-corrected chi connectivity index (χ4v) is 2.59. The molecule has 0 N–H and O–H groups in total. The van der Waals surface area contributed by atoms with Crippen molar-refractivity contribution >= 4 is 24.4 Å². The van der Waals surface area contributed by atoms with Gasteiger partial charge in [0.15, 0.2) is 0 Å². The first-order valence-electron chi connectivity index (χ1n) is 2.95. The van der Waals surface area contributed by atoms with Crippen LogP contribution in [-0.4, -0.2) is 15.7 Å². The van der Waals surface area contributed by atoms with Gasteiger partial charge in [-0.25, -0.2) is 0 Å². The molecular formula is C6H12S2. The van der Waals surface area contributed by atoms with Crippen LogP contribution in [0.5, 0.6) is 0 Å². The summed E-state index contributed by atoms with van der Waals surface area (Å²) in [4.78, 5) is 0. The zero-order valence-electron chi connectivity index (χ0n) is 5.35. The fourth-order valence-electron chi connectivity index (χ4n) is 0.877. The molecule has 2 heteroatoms. The normalized spacial score (nSPS) is 35.6. The molecule has 0 radical (unpaired) electrons. The molecule has 0 aromatic carbocycles. The van der Waals surface area contributed by atoms with Crippen LogP contribution in [0.4, 0.5) is 0 Å². The van der Waals surface area contributed by atoms with Gasteiger partial charge in [0.05, 0.1) is 0 Å². The van der Waals surface area contributed by atoms with Crippen LogP contribution in [0.2, 0.25) is 0 Å². The topological polar surface area (TPSA) is 0 Å². The number of thioether (sulfide) groups is 1. The first-order chi connectivity index (χ1) is 3.63. The van der Waals surface area contributed by atoms with Gasteiger partial charge in [-0.15, -0.1) is 0 Å². The first-order valence-corrected chi connectivity index (χ1v) is 4.45. The van der Waals surface area contributed by atoms with Gasteiger partial charge >= 0.3 is 0 Å². The minimum absolute atomic E-state index is 0.434. The van der Waals surface area contributed by atoms with Crippen LogP contribution in [0.25, 0.3) is 0 Å². The SMILES string of the molecule is CC1(C)SCCC1S. The Labute approximate surface area is 60.8 Å². The van der Waals surface area contributed by atoms with Gasteiger partial charge in [0, 0.05) is 10.00 Å². The molecule has 48 valence electrons. The lowest BCUT2D eigenvalue weighted by Crippen LogP contribution is -2.21. The molecule has 1 fully saturated rings. The Balaban J connectivity index is 2.54. The molecule has 0 aromatic heterocycles. The highest BCUT2D eigenvalue weighted by Gasteiger charge is 2.32. The van der Waals surface area contributed by atoms with Gasteiger partial charge in [-0.05, 0) is 26.0 Å². The molecule has 1 unspecified atom stereocenters. The Hall–Kier alpha value is 0.700. The van der Waals surface area contributed by atoms with Crippen LogP contribution in [0.1, 0.15) is 20.3 Å². The second kappa shape index (κ2) is 2.14. The standard InChI is InChI=1S/C6H12S2/c1-6(2)5(7)3-4-8-6/h5,7H,3-4H2,1-2H3. The fraction of sp³-hybridized carbons (Fsp3) is 1.00. The van der Waals surface area contributed by atoms with Crippen molar-refractivity contribution < 1.29 is 0 Å². The van der Waals surface area contributed by atoms with E-state index >= 15 is 0 Å². The van der Waals surface area contributed by atoms with E-state index in [0.717, 1.165) is 0 Å². The molecule has 0 nitrogen and oxygen atoms in total. The van der Waals surface area contributed by atoms with Crippen LogP contribution in [0.15, 0.2) is 0 Å². The Kier molecular flexibility index (Phi) is 1.83. The van der Waals surface area contributed by atoms with Gasteiger partial charge in [0.1, 0.15) is 0 Å². The van der Waals surface area contributed by atoms with Crippen LogP contribution in [-0.2, 0) is 0 Å². The van der Waals surface area contributed by atoms with Gasteiger partial charge in [-0.3, -0.25) is 0 Å². The van der Waals surface area contributed by atoms with Gasteiger partial charge in [-0.1, -0.05) is 0 Å². The summed E-state index contributed by atoms with van der Waals surface area (Å²) in [5.74, 6) is 1.29. The summed E-state index contributed by atoms with van der Waals surface area (Å²) in [5, 5.41) is 0.618. The van der Waals surface area contributed by atoms with Crippen LogP contribution >= 0.6 is 24.4 Å². The lowest BCUT2D eigenvalue weighted by atomic mass is 10.1. The maximum absolute atomic E-state index is 4.45. The Morgan fingerprint density at radius 3 is 2.38 bits per heavy atom. The van der Waals surface area contributed by atoms with Crippen molar-refractivity contribution in [1.82, 2.24) is 0 Å². The van der Waals surface area contributed by atoms with Crippen molar-refractivity contribution in [2.75, 3.05) is 5.75 Å². The summed E-state index contributed by atoms with van der Waals surface area (Å²) >= 11 is 6.48. The minimum Gasteiger partial charge on any atom is -0.174 e. The summed E-state index contributed by atoms with van der Waals surface area (Å²) in [6.45, 7) is 4.53. The van der Waals surface area contributed by atoms with Crippen molar-refractivity contribution in [3.63, 3.8) is 0 Å². The number of hydrogen-bond acceptors (Lipinski definition) is 2. The van der Waals surface area contributed by atoms with Crippen molar-refractivity contribution in [3.8, 4) is 0 Å². The number of thiol groups is 1. The predicted octanol–water partition coefficient (Wildman–Crippen LogP) is 2.20. The van der Waals surface area contributed by atoms with Crippen molar-refractivity contribution in [3.05, 3.63) is 0 Å². The molecule has 1 rings (SSSR count). The van der Waals surface area contributed by atoms with E-state index in [0.29, 0.717) is 10.00 Å². The molecule has 0 spiro atoms. The van der Waals surface area contributed by atoms with E-state index < -0.39 is 0 Å². The van der Waals surface area contributed by atoms with Gasteiger partial charge in [0.25, 0.3) is 0 Å². The maximum atomic E-state index is 4.45. The molecule has 1 saturated heterocycles. The Bertz CT molecular complexity index is 88.5. The molecular weight excluding hydrogens is 136 g/mol. The first kappa shape index (κ1) is 6.81. The zero-order valence-corrected chi connectivity index (χ0v) is 7.06. The average molecular weight is 148 g/mol. The van der Waals surface area contributed by atoms with Gasteiger partial charge in [0.2, 0.25) is 0 Å². The van der Waals surface area contributed by atoms with E-state index in [4.69, 9.17) is 0 Å². The van der Waals surface area contributed by atoms with Gasteiger partial charge in [-0.2, -0.15) is 24.4 Å². The predicted molar refractivity (Wildman–Crippen MR) is 43.9 cm³/mol. The highest BCUT2D eigenvalue weighted by molar-refractivity contribution is 8.01. The second-order valence-corrected chi connectivity index (χ2v) is 5.13. The van der Waals surface area contributed by atoms with Crippen molar-refractivity contribution in [2.24, 2.45) is 0 Å². The van der Waals surface area contributed by atoms with E-state index in [1.54, 1.807) is 0 Å². The molecule has 1 atom stereocenters. The van der Waals surface area contributed by atoms with Crippen molar-refractivity contribution in [1.29, 1.82) is 0 Å². The quantitative estimate of drug-likeness (QED) is 0.514.